The van der Waals surface area contributed by atoms with E-state index in [9.17, 15) is 14.4 Å². The van der Waals surface area contributed by atoms with Gasteiger partial charge in [-0.1, -0.05) is 44.2 Å². The molecule has 3 amide bonds. The molecule has 4 fully saturated rings. The van der Waals surface area contributed by atoms with Crippen LogP contribution in [0.1, 0.15) is 70.8 Å². The number of fused-ring (bicyclic) bond motifs is 5. The monoisotopic (exact) mass is 493 g/mol. The van der Waals surface area contributed by atoms with Gasteiger partial charge >= 0.3 is 0 Å². The van der Waals surface area contributed by atoms with Crippen LogP contribution in [-0.2, 0) is 20.8 Å². The second kappa shape index (κ2) is 9.50. The van der Waals surface area contributed by atoms with Crippen molar-refractivity contribution in [3.05, 3.63) is 35.9 Å². The molecule has 1 aliphatic heterocycles. The van der Waals surface area contributed by atoms with Crippen molar-refractivity contribution >= 4 is 17.7 Å². The Labute approximate surface area is 216 Å². The van der Waals surface area contributed by atoms with Gasteiger partial charge in [0.05, 0.1) is 0 Å². The largest absolute Gasteiger partial charge is 0.357 e. The van der Waals surface area contributed by atoms with Crippen molar-refractivity contribution in [2.75, 3.05) is 14.1 Å². The number of amides is 3. The number of rotatable bonds is 5. The van der Waals surface area contributed by atoms with Gasteiger partial charge in [-0.2, -0.15) is 0 Å². The lowest BCUT2D eigenvalue weighted by molar-refractivity contribution is -0.159. The van der Waals surface area contributed by atoms with Gasteiger partial charge in [-0.25, -0.2) is 0 Å². The summed E-state index contributed by atoms with van der Waals surface area (Å²) in [6.07, 6.45) is 8.60. The molecule has 0 spiro atoms. The van der Waals surface area contributed by atoms with Crippen molar-refractivity contribution < 1.29 is 14.4 Å². The third-order valence-electron chi connectivity index (χ3n) is 11.0. The first-order chi connectivity index (χ1) is 17.2. The summed E-state index contributed by atoms with van der Waals surface area (Å²) in [5.41, 5.74) is 1.21. The molecule has 1 heterocycles. The highest BCUT2D eigenvalue weighted by Crippen LogP contribution is 2.66. The molecule has 1 aromatic rings. The van der Waals surface area contributed by atoms with E-state index in [0.717, 1.165) is 50.5 Å². The van der Waals surface area contributed by atoms with Gasteiger partial charge in [-0.05, 0) is 79.1 Å². The molecule has 0 aromatic heterocycles. The molecule has 36 heavy (non-hydrogen) atoms. The quantitative estimate of drug-likeness (QED) is 0.652. The summed E-state index contributed by atoms with van der Waals surface area (Å²) >= 11 is 0. The van der Waals surface area contributed by atoms with E-state index >= 15 is 0 Å². The normalized spacial score (nSPS) is 38.4. The van der Waals surface area contributed by atoms with Crippen LogP contribution in [0.2, 0.25) is 0 Å². The number of benzene rings is 1. The van der Waals surface area contributed by atoms with Gasteiger partial charge in [-0.15, -0.1) is 0 Å². The fourth-order valence-electron chi connectivity index (χ4n) is 9.09. The molecular formula is C30H43N3O3. The summed E-state index contributed by atoms with van der Waals surface area (Å²) in [6, 6.07) is 9.70. The third kappa shape index (κ3) is 4.05. The lowest BCUT2D eigenvalue weighted by Crippen LogP contribution is -2.61. The topological polar surface area (TPSA) is 78.5 Å². The number of nitrogens with zero attached hydrogens (tertiary/aromatic N) is 1. The second-order valence-corrected chi connectivity index (χ2v) is 12.5. The van der Waals surface area contributed by atoms with Crippen molar-refractivity contribution in [1.82, 2.24) is 15.5 Å². The van der Waals surface area contributed by atoms with Crippen LogP contribution >= 0.6 is 0 Å². The van der Waals surface area contributed by atoms with Crippen LogP contribution in [0.15, 0.2) is 30.3 Å². The molecule has 1 saturated heterocycles. The van der Waals surface area contributed by atoms with Crippen molar-refractivity contribution in [3.8, 4) is 0 Å². The maximum Gasteiger partial charge on any atom is 0.242 e. The highest BCUT2D eigenvalue weighted by Gasteiger charge is 2.62. The van der Waals surface area contributed by atoms with Crippen LogP contribution in [0.4, 0.5) is 0 Å². The van der Waals surface area contributed by atoms with Gasteiger partial charge in [-0.3, -0.25) is 14.4 Å². The first-order valence-corrected chi connectivity index (χ1v) is 14.0. The number of likely N-dealkylation sites (tertiary alicyclic amines) is 1. The summed E-state index contributed by atoms with van der Waals surface area (Å²) in [4.78, 5) is 40.9. The molecule has 8 atom stereocenters. The van der Waals surface area contributed by atoms with E-state index < -0.39 is 6.04 Å². The Hall–Kier alpha value is -2.37. The molecule has 2 N–H and O–H groups in total. The Bertz CT molecular complexity index is 1010. The molecule has 3 aliphatic carbocycles. The highest BCUT2D eigenvalue weighted by molar-refractivity contribution is 5.89. The minimum Gasteiger partial charge on any atom is -0.357 e. The third-order valence-corrected chi connectivity index (χ3v) is 11.0. The van der Waals surface area contributed by atoms with Gasteiger partial charge in [0, 0.05) is 38.9 Å². The number of hydrogen-bond donors (Lipinski definition) is 2. The average Bonchev–Trinajstić information content (AvgIpc) is 3.23. The molecule has 0 radical (unpaired) electrons. The zero-order chi connectivity index (χ0) is 25.7. The minimum absolute atomic E-state index is 0.0230. The summed E-state index contributed by atoms with van der Waals surface area (Å²) in [5.74, 6) is 1.96. The lowest BCUT2D eigenvalue weighted by Gasteiger charge is -2.61. The maximum absolute atomic E-state index is 13.7. The predicted molar refractivity (Wildman–Crippen MR) is 140 cm³/mol. The number of nitrogens with one attached hydrogen (secondary N) is 2. The SMILES string of the molecule is CNC(=O)[C@H](Cc1ccccc1)NC(=O)[C@H]1CC[C@H]2[C@@H]3CC[C@H]4N(C)C(=O)CC[C@]4(C)[C@H]3CC[C@]12C. The van der Waals surface area contributed by atoms with Gasteiger partial charge in [0.15, 0.2) is 0 Å². The van der Waals surface area contributed by atoms with E-state index in [0.29, 0.717) is 42.5 Å². The first-order valence-electron chi connectivity index (χ1n) is 14.0. The molecule has 1 aromatic carbocycles. The fourth-order valence-corrected chi connectivity index (χ4v) is 9.09. The van der Waals surface area contributed by atoms with Crippen LogP contribution < -0.4 is 10.6 Å². The van der Waals surface area contributed by atoms with Crippen LogP contribution in [0.25, 0.3) is 0 Å². The smallest absolute Gasteiger partial charge is 0.242 e. The molecule has 196 valence electrons. The average molecular weight is 494 g/mol. The molecular weight excluding hydrogens is 450 g/mol. The van der Waals surface area contributed by atoms with Gasteiger partial charge in [0.25, 0.3) is 0 Å². The Kier molecular flexibility index (Phi) is 6.67. The maximum atomic E-state index is 13.7. The number of carbonyl (C=O) groups excluding carboxylic acids is 3. The van der Waals surface area contributed by atoms with Crippen molar-refractivity contribution in [2.45, 2.75) is 83.7 Å². The van der Waals surface area contributed by atoms with Crippen LogP contribution in [0, 0.1) is 34.5 Å². The van der Waals surface area contributed by atoms with Gasteiger partial charge < -0.3 is 15.5 Å². The zero-order valence-electron chi connectivity index (χ0n) is 22.4. The highest BCUT2D eigenvalue weighted by atomic mass is 16.2. The lowest BCUT2D eigenvalue weighted by atomic mass is 9.47. The number of hydrogen-bond acceptors (Lipinski definition) is 3. The number of piperidine rings is 1. The Balaban J connectivity index is 1.32. The van der Waals surface area contributed by atoms with Crippen LogP contribution in [-0.4, -0.2) is 48.8 Å². The summed E-state index contributed by atoms with van der Waals surface area (Å²) < 4.78 is 0. The van der Waals surface area contributed by atoms with Gasteiger partial charge in [0.1, 0.15) is 6.04 Å². The predicted octanol–water partition coefficient (Wildman–Crippen LogP) is 3.94. The van der Waals surface area contributed by atoms with Crippen molar-refractivity contribution in [3.63, 3.8) is 0 Å². The molecule has 0 bridgehead atoms. The molecule has 6 heteroatoms. The zero-order valence-corrected chi connectivity index (χ0v) is 22.4. The van der Waals surface area contributed by atoms with E-state index in [1.807, 2.05) is 42.3 Å². The van der Waals surface area contributed by atoms with Crippen LogP contribution in [0.5, 0.6) is 0 Å². The minimum atomic E-state index is -0.562. The Morgan fingerprint density at radius 1 is 1.00 bits per heavy atom. The van der Waals surface area contributed by atoms with E-state index in [-0.39, 0.29) is 28.6 Å². The van der Waals surface area contributed by atoms with Crippen LogP contribution in [0.3, 0.4) is 0 Å². The first kappa shape index (κ1) is 25.3. The Morgan fingerprint density at radius 2 is 1.72 bits per heavy atom. The Morgan fingerprint density at radius 3 is 2.44 bits per heavy atom. The fraction of sp³-hybridized carbons (Fsp3) is 0.700. The molecule has 4 aliphatic rings. The molecule has 6 nitrogen and oxygen atoms in total. The van der Waals surface area contributed by atoms with Crippen molar-refractivity contribution in [2.24, 2.45) is 34.5 Å². The van der Waals surface area contributed by atoms with Crippen molar-refractivity contribution in [1.29, 1.82) is 0 Å². The van der Waals surface area contributed by atoms with E-state index in [1.54, 1.807) is 7.05 Å². The van der Waals surface area contributed by atoms with E-state index in [1.165, 1.54) is 0 Å². The second-order valence-electron chi connectivity index (χ2n) is 12.5. The van der Waals surface area contributed by atoms with E-state index in [2.05, 4.69) is 24.5 Å². The molecule has 0 unspecified atom stereocenters. The number of carbonyl (C=O) groups is 3. The standard InChI is InChI=1S/C30H43N3O3/c1-29-16-14-22-20(10-13-25-30(22,2)17-15-26(34)33(25)4)21(29)11-12-23(29)27(35)32-24(28(36)31-3)18-19-8-6-5-7-9-19/h5-9,20-25H,10-18H2,1-4H3,(H,31,36)(H,32,35)/t20-,21-,22-,23+,24-,25+,29-,30+/m0/s1. The summed E-state index contributed by atoms with van der Waals surface area (Å²) in [7, 11) is 3.64. The van der Waals surface area contributed by atoms with E-state index in [4.69, 9.17) is 0 Å². The summed E-state index contributed by atoms with van der Waals surface area (Å²) in [6.45, 7) is 4.79. The number of likely N-dealkylation sites (N-methyl/N-ethyl adjacent to an activating group) is 1. The molecule has 3 saturated carbocycles. The molecule has 5 rings (SSSR count). The van der Waals surface area contributed by atoms with Gasteiger partial charge in [0.2, 0.25) is 17.7 Å². The summed E-state index contributed by atoms with van der Waals surface area (Å²) in [5, 5.41) is 5.90.